The fourth-order valence-corrected chi connectivity index (χ4v) is 15.6. The number of hydrogen-bond donors (Lipinski definition) is 5. The van der Waals surface area contributed by atoms with E-state index in [1.807, 2.05) is 42.5 Å². The van der Waals surface area contributed by atoms with Gasteiger partial charge in [-0.25, -0.2) is 58.6 Å². The summed E-state index contributed by atoms with van der Waals surface area (Å²) in [7, 11) is -12.9. The van der Waals surface area contributed by atoms with Gasteiger partial charge >= 0.3 is 88.7 Å². The number of aryl methyl sites for hydroxylation is 1. The van der Waals surface area contributed by atoms with E-state index in [1.54, 1.807) is 55.1 Å². The first-order valence-corrected chi connectivity index (χ1v) is 49.6. The van der Waals surface area contributed by atoms with E-state index in [9.17, 15) is 73.6 Å². The summed E-state index contributed by atoms with van der Waals surface area (Å²) in [5.41, 5.74) is 9.76. The van der Waals surface area contributed by atoms with Crippen LogP contribution in [-0.2, 0) is 98.4 Å². The third-order valence-electron chi connectivity index (χ3n) is 19.7. The second-order valence-electron chi connectivity index (χ2n) is 30.6. The zero-order chi connectivity index (χ0) is 98.3. The van der Waals surface area contributed by atoms with Crippen molar-refractivity contribution in [3.05, 3.63) is 291 Å². The molecule has 5 fully saturated rings. The second-order valence-corrected chi connectivity index (χ2v) is 39.7. The number of ether oxygens (including phenoxy) is 8. The Bertz CT molecular complexity index is 6320. The number of pyridine rings is 7. The number of nitro groups is 3. The smallest absolute Gasteiger partial charge is 1.00 e. The monoisotopic (exact) mass is 2050 g/mol. The van der Waals surface area contributed by atoms with Crippen molar-refractivity contribution in [3.63, 3.8) is 0 Å². The molecule has 12 heterocycles. The molecule has 0 saturated carbocycles. The first kappa shape index (κ1) is 119. The Morgan fingerprint density at radius 1 is 0.478 bits per heavy atom. The number of benzene rings is 4. The van der Waals surface area contributed by atoms with Crippen LogP contribution >= 0.6 is 23.2 Å². The zero-order valence-electron chi connectivity index (χ0n) is 78.5. The quantitative estimate of drug-likeness (QED) is 0.0109. The number of carbonyl (C=O) groups is 1. The normalized spacial score (nSPS) is 16.0. The molecule has 5 atom stereocenters. The first-order chi connectivity index (χ1) is 64.2. The van der Waals surface area contributed by atoms with Crippen LogP contribution in [0.25, 0.3) is 0 Å². The summed E-state index contributed by atoms with van der Waals surface area (Å²) < 4.78 is 135. The Morgan fingerprint density at radius 2 is 0.833 bits per heavy atom. The molecule has 6 N–H and O–H groups in total. The van der Waals surface area contributed by atoms with Crippen molar-refractivity contribution in [1.82, 2.24) is 34.9 Å². The summed E-state index contributed by atoms with van der Waals surface area (Å²) in [6.07, 6.45) is 22.1. The molecule has 726 valence electrons. The average molecular weight is 2050 g/mol. The van der Waals surface area contributed by atoms with E-state index in [0.717, 1.165) is 138 Å². The molecular formula is C89H101Cl2N12Na3O28S4. The molecule has 7 aromatic heterocycles. The number of alkyl halides is 1. The molecule has 16 rings (SSSR count). The number of nitrogens with zero attached hydrogens (tertiary/aromatic N) is 8. The van der Waals surface area contributed by atoms with Gasteiger partial charge in [-0.1, -0.05) is 23.7 Å². The number of nitrogens with one attached hydrogen (secondary N) is 3. The van der Waals surface area contributed by atoms with Gasteiger partial charge in [0.2, 0.25) is 17.6 Å². The number of phenolic OH excluding ortho intramolecular Hbond substituents is 1. The molecule has 4 aromatic carbocycles. The van der Waals surface area contributed by atoms with Crippen molar-refractivity contribution in [2.75, 3.05) is 102 Å². The van der Waals surface area contributed by atoms with Crippen LogP contribution in [-0.4, -0.2) is 191 Å². The summed E-state index contributed by atoms with van der Waals surface area (Å²) in [5, 5.41) is 53.1. The number of sulfone groups is 4. The number of aromatic amines is 2. The molecule has 40 nitrogen and oxygen atoms in total. The van der Waals surface area contributed by atoms with E-state index in [4.69, 9.17) is 82.0 Å². The average Bonchev–Trinajstić information content (AvgIpc) is 1.18. The Kier molecular flexibility index (Phi) is 51.3. The van der Waals surface area contributed by atoms with E-state index in [2.05, 4.69) is 45.1 Å². The van der Waals surface area contributed by atoms with Gasteiger partial charge in [-0.15, -0.1) is 11.6 Å². The molecule has 0 spiro atoms. The third kappa shape index (κ3) is 42.7. The predicted molar refractivity (Wildman–Crippen MR) is 498 cm³/mol. The van der Waals surface area contributed by atoms with Gasteiger partial charge in [-0.3, -0.25) is 44.7 Å². The topological polar surface area (TPSA) is 578 Å². The first-order valence-electron chi connectivity index (χ1n) is 41.2. The summed E-state index contributed by atoms with van der Waals surface area (Å²) in [5.74, 6) is 4.93. The number of aromatic nitrogens is 7. The fourth-order valence-electron chi connectivity index (χ4n) is 12.8. The Morgan fingerprint density at radius 3 is 1.17 bits per heavy atom. The van der Waals surface area contributed by atoms with Crippen molar-refractivity contribution in [2.45, 2.75) is 89.7 Å². The van der Waals surface area contributed by atoms with Crippen LogP contribution in [0.15, 0.2) is 236 Å². The molecule has 5 saturated heterocycles. The Hall–Kier alpha value is -9.86. The SMILES string of the molecule is CS(=O)(=O)c1ccc(O)cc1.CS(=O)(=O)c1ccc(Oc2ncc(N)cc2CC2CCOC2)cc1.CS(=O)(=O)c1ccc(Oc2ncc(Nc3ccccn3)cc2CC2CCOC2)cc1.CS(=O)(=O)c1ccc(Oc2ncc([N+](=O)[O-])cc2CC2CCOC2)cc1.Cc1cc([N+](=O)[O-])c[nH]c1=O.ClC1CCOC1.Clc1ccccn1.O=CO[O-].O=c1[nH]cc([N+](=O)[O-])cc1CC1CCOC1.[H-].[H-].[Na+].[Na+].[Na+]. The van der Waals surface area contributed by atoms with Crippen molar-refractivity contribution in [3.8, 4) is 40.6 Å². The molecule has 0 radical (unpaired) electrons. The fraction of sp³-hybridized carbons (Fsp3) is 0.326. The molecular weight excluding hydrogens is 1950 g/mol. The maximum Gasteiger partial charge on any atom is 1.00 e. The molecule has 49 heteroatoms. The Labute approximate surface area is 875 Å². The molecule has 138 heavy (non-hydrogen) atoms. The number of phenols is 1. The minimum Gasteiger partial charge on any atom is -1.00 e. The van der Waals surface area contributed by atoms with E-state index in [0.29, 0.717) is 119 Å². The number of anilines is 3. The number of rotatable bonds is 24. The maximum atomic E-state index is 11.7. The van der Waals surface area contributed by atoms with Crippen LogP contribution in [0.3, 0.4) is 0 Å². The summed E-state index contributed by atoms with van der Waals surface area (Å²) >= 11 is 11.0. The van der Waals surface area contributed by atoms with Gasteiger partial charge in [0.05, 0.1) is 82.5 Å². The van der Waals surface area contributed by atoms with Crippen molar-refractivity contribution >= 4 is 103 Å². The molecule has 5 unspecified atom stereocenters. The number of carbonyl (C=O) groups excluding carboxylic acids is 1. The van der Waals surface area contributed by atoms with Gasteiger partial charge in [0.1, 0.15) is 40.2 Å². The number of nitrogen functional groups attached to an aromatic ring is 1. The second kappa shape index (κ2) is 59.7. The van der Waals surface area contributed by atoms with Gasteiger partial charge in [-0.05, 0) is 222 Å². The van der Waals surface area contributed by atoms with Crippen LogP contribution in [0.4, 0.5) is 34.3 Å². The minimum absolute atomic E-state index is 0. The number of hydrogen-bond acceptors (Lipinski definition) is 35. The molecule has 5 aliphatic rings. The number of nitrogens with two attached hydrogens (primary N) is 1. The zero-order valence-corrected chi connectivity index (χ0v) is 87.3. The van der Waals surface area contributed by atoms with E-state index in [1.165, 1.54) is 110 Å². The molecule has 11 aromatic rings. The largest absolute Gasteiger partial charge is 1.00 e. The number of H-pyrrole nitrogens is 2. The van der Waals surface area contributed by atoms with E-state index < -0.39 is 54.1 Å². The molecule has 0 bridgehead atoms. The summed E-state index contributed by atoms with van der Waals surface area (Å²) in [4.78, 5) is 90.1. The Balaban J connectivity index is 0.000000425. The van der Waals surface area contributed by atoms with Gasteiger partial charge in [-0.2, -0.15) is 0 Å². The standard InChI is InChI=1S/C22H23N3O4S.C17H18N2O6S.C17H20N2O4S.C10H12N2O4.C7H8O3S.C6H6N2O3.C5H4ClN.C4H7ClO.CH2O3.3Na.2H/c1-30(26,27)20-7-5-19(6-8-20)29-22-17(12-16-9-11-28-15-16)13-18(14-24-22)25-21-4-2-3-10-23-21;1-26(22,23)16-4-2-15(3-5-16)25-17-13(8-12-6-7-24-11-12)9-14(10-18-17)19(20)21;1-24(20,21)16-4-2-15(3-5-16)23-17-13(9-14(18)10-19-17)8-12-6-7-22-11-12;13-10-8(3-7-1-2-16-6-7)4-9(5-11-10)12(14)15;1-11(9,10)7-4-2-6(8)3-5-7;1-4-2-5(8(10)11)3-7-6(4)9;6-5-3-1-2-4-7-5;5-4-1-2-6-3-4;2-1-4-3;;;;;/h2-8,10,13-14,16H,9,11-12,15H2,1H3,(H,23,25);2-5,9-10,12H,6-8,11H2,1H3;2-5,9-10,12H,6-8,11,18H2,1H3;4-5,7H,1-3,6H2,(H,11,13);2-5,8H,1H3;2-3H,1H3,(H,7,9);1-4H;4H,1-3H2;1,3H;;;;;/q;;;;;;;;;3*+1;2*-1/p-1. The summed E-state index contributed by atoms with van der Waals surface area (Å²) in [6, 6.07) is 43.0. The molecule has 0 amide bonds. The number of halogens is 2. The van der Waals surface area contributed by atoms with Crippen LogP contribution in [0, 0.1) is 60.9 Å². The number of aromatic hydroxyl groups is 1. The van der Waals surface area contributed by atoms with Gasteiger partial charge < -0.3 is 77.0 Å². The van der Waals surface area contributed by atoms with Gasteiger partial charge in [0.25, 0.3) is 34.7 Å². The van der Waals surface area contributed by atoms with Crippen LogP contribution < -0.4 is 130 Å². The maximum absolute atomic E-state index is 11.7. The van der Waals surface area contributed by atoms with E-state index in [-0.39, 0.29) is 163 Å². The third-order valence-corrected chi connectivity index (χ3v) is 24.8. The predicted octanol–water partition coefficient (Wildman–Crippen LogP) is 3.87. The summed E-state index contributed by atoms with van der Waals surface area (Å²) in [6.45, 7) is 8.57. The van der Waals surface area contributed by atoms with Gasteiger partial charge in [0.15, 0.2) is 39.3 Å². The molecule has 5 aliphatic heterocycles. The van der Waals surface area contributed by atoms with Crippen LogP contribution in [0.2, 0.25) is 5.15 Å². The van der Waals surface area contributed by atoms with Crippen LogP contribution in [0.1, 0.15) is 62.8 Å². The van der Waals surface area contributed by atoms with Crippen molar-refractivity contribution in [1.29, 1.82) is 0 Å². The van der Waals surface area contributed by atoms with Crippen LogP contribution in [0.5, 0.6) is 40.6 Å². The van der Waals surface area contributed by atoms with Gasteiger partial charge in [0, 0.05) is 143 Å². The van der Waals surface area contributed by atoms with Crippen molar-refractivity contribution < 1.29 is 198 Å². The van der Waals surface area contributed by atoms with E-state index >= 15 is 0 Å². The minimum atomic E-state index is -3.29. The van der Waals surface area contributed by atoms with Crippen molar-refractivity contribution in [2.24, 2.45) is 23.7 Å². The molecule has 0 aliphatic carbocycles.